The zero-order valence-electron chi connectivity index (χ0n) is 17.3. The molecule has 8 heteroatoms. The Balaban J connectivity index is 1.47. The normalized spacial score (nSPS) is 23.4. The number of fused-ring (bicyclic) bond motifs is 1. The lowest BCUT2D eigenvalue weighted by Gasteiger charge is -2.42. The highest BCUT2D eigenvalue weighted by molar-refractivity contribution is 5.92. The van der Waals surface area contributed by atoms with Gasteiger partial charge in [0, 0.05) is 23.9 Å². The largest absolute Gasteiger partial charge is 0.394 e. The van der Waals surface area contributed by atoms with Crippen LogP contribution in [0, 0.1) is 23.4 Å². The van der Waals surface area contributed by atoms with E-state index in [1.165, 1.54) is 18.2 Å². The van der Waals surface area contributed by atoms with Crippen LogP contribution in [0.25, 0.3) is 22.2 Å². The lowest BCUT2D eigenvalue weighted by Crippen LogP contribution is -2.53. The molecule has 2 fully saturated rings. The highest BCUT2D eigenvalue weighted by Gasteiger charge is 2.42. The number of benzene rings is 2. The number of aliphatic hydroxyl groups is 1. The summed E-state index contributed by atoms with van der Waals surface area (Å²) in [5, 5.41) is 10.0. The molecule has 5 nitrogen and oxygen atoms in total. The molecule has 1 amide bonds. The lowest BCUT2D eigenvalue weighted by molar-refractivity contribution is -0.149. The van der Waals surface area contributed by atoms with E-state index in [1.807, 2.05) is 0 Å². The minimum absolute atomic E-state index is 0.0239. The first-order valence-corrected chi connectivity index (χ1v) is 10.7. The third-order valence-electron chi connectivity index (χ3n) is 6.61. The van der Waals surface area contributed by atoms with Gasteiger partial charge in [-0.1, -0.05) is 0 Å². The molecule has 2 aliphatic rings. The zero-order chi connectivity index (χ0) is 22.4. The average Bonchev–Trinajstić information content (AvgIpc) is 3.12. The molecule has 2 aromatic carbocycles. The van der Waals surface area contributed by atoms with Crippen molar-refractivity contribution in [3.05, 3.63) is 59.4 Å². The molecule has 2 heterocycles. The Kier molecular flexibility index (Phi) is 5.43. The van der Waals surface area contributed by atoms with E-state index in [0.717, 1.165) is 11.6 Å². The Morgan fingerprint density at radius 1 is 1.12 bits per heavy atom. The molecule has 168 valence electrons. The van der Waals surface area contributed by atoms with E-state index >= 15 is 0 Å². The van der Waals surface area contributed by atoms with Gasteiger partial charge < -0.3 is 19.7 Å². The molecule has 1 saturated carbocycles. The van der Waals surface area contributed by atoms with Crippen molar-refractivity contribution < 1.29 is 27.8 Å². The molecule has 1 aromatic heterocycles. The molecule has 0 radical (unpaired) electrons. The Bertz CT molecular complexity index is 1160. The van der Waals surface area contributed by atoms with E-state index in [9.17, 15) is 23.1 Å². The van der Waals surface area contributed by atoms with Crippen LogP contribution in [-0.2, 0) is 9.53 Å². The van der Waals surface area contributed by atoms with Gasteiger partial charge in [-0.2, -0.15) is 0 Å². The standard InChI is InChI=1S/C24H23F3N2O3/c25-16-3-1-13(2-4-16)22-21(19-9-17(26)10-20(27)23(19)28-22)14-7-15(8-14)24(31)29-5-6-32-12-18(29)11-30/h1-4,9-10,14-15,18,28,30H,5-8,11-12H2/t14-,15-,18-/m1/s1. The van der Waals surface area contributed by atoms with Crippen molar-refractivity contribution >= 4 is 16.8 Å². The summed E-state index contributed by atoms with van der Waals surface area (Å²) in [4.78, 5) is 17.8. The number of aliphatic hydroxyl groups excluding tert-OH is 1. The van der Waals surface area contributed by atoms with E-state index in [-0.39, 0.29) is 41.7 Å². The van der Waals surface area contributed by atoms with Crippen molar-refractivity contribution in [3.63, 3.8) is 0 Å². The molecule has 0 unspecified atom stereocenters. The van der Waals surface area contributed by atoms with Crippen LogP contribution in [0.2, 0.25) is 0 Å². The second-order valence-electron chi connectivity index (χ2n) is 8.54. The number of carbonyl (C=O) groups is 1. The van der Waals surface area contributed by atoms with Crippen molar-refractivity contribution in [2.24, 2.45) is 5.92 Å². The molecule has 5 rings (SSSR count). The number of hydrogen-bond donors (Lipinski definition) is 2. The maximum atomic E-state index is 14.5. The Morgan fingerprint density at radius 3 is 2.59 bits per heavy atom. The Labute approximate surface area is 182 Å². The van der Waals surface area contributed by atoms with Crippen LogP contribution in [0.15, 0.2) is 36.4 Å². The van der Waals surface area contributed by atoms with Gasteiger partial charge in [-0.3, -0.25) is 4.79 Å². The number of aromatic amines is 1. The molecule has 0 bridgehead atoms. The summed E-state index contributed by atoms with van der Waals surface area (Å²) < 4.78 is 47.4. The van der Waals surface area contributed by atoms with Gasteiger partial charge in [0.05, 0.1) is 37.1 Å². The quantitative estimate of drug-likeness (QED) is 0.640. The Morgan fingerprint density at radius 2 is 1.88 bits per heavy atom. The number of rotatable bonds is 4. The summed E-state index contributed by atoms with van der Waals surface area (Å²) >= 11 is 0. The molecule has 1 aliphatic carbocycles. The van der Waals surface area contributed by atoms with E-state index in [1.54, 1.807) is 17.0 Å². The molecule has 2 N–H and O–H groups in total. The molecular weight excluding hydrogens is 421 g/mol. The van der Waals surface area contributed by atoms with E-state index in [0.29, 0.717) is 49.2 Å². The molecule has 0 spiro atoms. The second kappa shape index (κ2) is 8.26. The highest BCUT2D eigenvalue weighted by atomic mass is 19.1. The van der Waals surface area contributed by atoms with Gasteiger partial charge >= 0.3 is 0 Å². The minimum atomic E-state index is -0.694. The monoisotopic (exact) mass is 444 g/mol. The third kappa shape index (κ3) is 3.57. The number of amides is 1. The van der Waals surface area contributed by atoms with E-state index in [4.69, 9.17) is 4.74 Å². The highest BCUT2D eigenvalue weighted by Crippen LogP contribution is 2.49. The first-order valence-electron chi connectivity index (χ1n) is 10.7. The van der Waals surface area contributed by atoms with Crippen molar-refractivity contribution in [2.75, 3.05) is 26.4 Å². The number of carbonyl (C=O) groups excluding carboxylic acids is 1. The number of nitrogens with one attached hydrogen (secondary N) is 1. The van der Waals surface area contributed by atoms with Gasteiger partial charge in [-0.05, 0) is 60.2 Å². The van der Waals surface area contributed by atoms with Crippen molar-refractivity contribution in [1.82, 2.24) is 9.88 Å². The van der Waals surface area contributed by atoms with Crippen LogP contribution in [0.3, 0.4) is 0 Å². The van der Waals surface area contributed by atoms with Crippen LogP contribution >= 0.6 is 0 Å². The predicted octanol–water partition coefficient (Wildman–Crippen LogP) is 3.97. The molecule has 32 heavy (non-hydrogen) atoms. The van der Waals surface area contributed by atoms with Crippen molar-refractivity contribution in [2.45, 2.75) is 24.8 Å². The maximum Gasteiger partial charge on any atom is 0.226 e. The fourth-order valence-corrected chi connectivity index (χ4v) is 4.89. The van der Waals surface area contributed by atoms with Crippen LogP contribution in [0.4, 0.5) is 13.2 Å². The first-order chi connectivity index (χ1) is 15.5. The van der Waals surface area contributed by atoms with Crippen LogP contribution in [0.5, 0.6) is 0 Å². The van der Waals surface area contributed by atoms with Gasteiger partial charge in [-0.15, -0.1) is 0 Å². The van der Waals surface area contributed by atoms with E-state index in [2.05, 4.69) is 4.98 Å². The molecule has 3 aromatic rings. The number of halogens is 3. The lowest BCUT2D eigenvalue weighted by atomic mass is 9.69. The Hall–Kier alpha value is -2.84. The summed E-state index contributed by atoms with van der Waals surface area (Å²) in [6.45, 7) is 1.04. The molecule has 1 aliphatic heterocycles. The van der Waals surface area contributed by atoms with Gasteiger partial charge in [0.15, 0.2) is 0 Å². The molecule has 1 atom stereocenters. The topological polar surface area (TPSA) is 65.6 Å². The van der Waals surface area contributed by atoms with Crippen LogP contribution in [0.1, 0.15) is 24.3 Å². The van der Waals surface area contributed by atoms with Crippen molar-refractivity contribution in [3.8, 4) is 11.3 Å². The molecular formula is C24H23F3N2O3. The van der Waals surface area contributed by atoms with Crippen LogP contribution in [-0.4, -0.2) is 53.3 Å². The summed E-state index contributed by atoms with van der Waals surface area (Å²) in [7, 11) is 0. The van der Waals surface area contributed by atoms with Crippen molar-refractivity contribution in [1.29, 1.82) is 0 Å². The SMILES string of the molecule is O=C([C@H]1C[C@H](c2c(-c3ccc(F)cc3)[nH]c3c(F)cc(F)cc32)C1)N1CCOC[C@H]1CO. The van der Waals surface area contributed by atoms with Gasteiger partial charge in [0.25, 0.3) is 0 Å². The number of H-pyrrole nitrogens is 1. The minimum Gasteiger partial charge on any atom is -0.394 e. The second-order valence-corrected chi connectivity index (χ2v) is 8.54. The van der Waals surface area contributed by atoms with Gasteiger partial charge in [0.2, 0.25) is 5.91 Å². The fraction of sp³-hybridized carbons (Fsp3) is 0.375. The number of hydrogen-bond acceptors (Lipinski definition) is 3. The van der Waals surface area contributed by atoms with Crippen LogP contribution < -0.4 is 0 Å². The smallest absolute Gasteiger partial charge is 0.226 e. The first kappa shape index (κ1) is 21.0. The summed E-state index contributed by atoms with van der Waals surface area (Å²) in [5.74, 6) is -2.08. The predicted molar refractivity (Wildman–Crippen MR) is 112 cm³/mol. The van der Waals surface area contributed by atoms with Gasteiger partial charge in [-0.25, -0.2) is 13.2 Å². The maximum absolute atomic E-state index is 14.5. The van der Waals surface area contributed by atoms with E-state index < -0.39 is 11.6 Å². The van der Waals surface area contributed by atoms with Gasteiger partial charge in [0.1, 0.15) is 17.5 Å². The average molecular weight is 444 g/mol. The number of morpholine rings is 1. The summed E-state index contributed by atoms with van der Waals surface area (Å²) in [6, 6.07) is 7.62. The third-order valence-corrected chi connectivity index (χ3v) is 6.61. The number of aromatic nitrogens is 1. The fourth-order valence-electron chi connectivity index (χ4n) is 4.89. The number of nitrogens with zero attached hydrogens (tertiary/aromatic N) is 1. The summed E-state index contributed by atoms with van der Waals surface area (Å²) in [6.07, 6.45) is 1.07. The summed E-state index contributed by atoms with van der Waals surface area (Å²) in [5.41, 5.74) is 2.22. The molecule has 1 saturated heterocycles. The number of ether oxygens (including phenoxy) is 1. The zero-order valence-corrected chi connectivity index (χ0v) is 17.3.